The van der Waals surface area contributed by atoms with Gasteiger partial charge in [0.05, 0.1) is 6.61 Å². The number of aliphatic hydroxyl groups is 4. The van der Waals surface area contributed by atoms with Crippen molar-refractivity contribution < 1.29 is 44.7 Å². The van der Waals surface area contributed by atoms with Crippen molar-refractivity contribution in [3.05, 3.63) is 0 Å². The van der Waals surface area contributed by atoms with Crippen LogP contribution in [0.4, 0.5) is 0 Å². The standard InChI is InChI=1S/C8H15NO6.C5H9NO3S/c1-3(11)9-5-7(13)6(12)4(2-10)15-8(5)14;1-3(7)6-4(2-10)5(8)9/h4-8,10,12-14H,2H2,1H3,(H,9,11);4,10H,2H2,1H3,(H,6,7)(H,8,9)/t4-,5-,6-,7-,8?;4-/m10/s1. The predicted molar refractivity (Wildman–Crippen MR) is 86.7 cm³/mol. The molecule has 0 aromatic rings. The SMILES string of the molecule is CC(=O)N[C@@H](CS)C(=O)O.CC(=O)N[C@H]1C(O)O[C@H](CO)[C@@H](O)[C@@H]1O. The minimum absolute atomic E-state index is 0.106. The molecule has 0 spiro atoms. The molecule has 1 saturated heterocycles. The molecule has 2 amide bonds. The van der Waals surface area contributed by atoms with Crippen molar-refractivity contribution in [3.8, 4) is 0 Å². The van der Waals surface area contributed by atoms with Crippen molar-refractivity contribution >= 4 is 30.4 Å². The Kier molecular flexibility index (Phi) is 10.6. The maximum atomic E-state index is 10.7. The summed E-state index contributed by atoms with van der Waals surface area (Å²) in [6, 6.07) is -1.97. The largest absolute Gasteiger partial charge is 0.480 e. The number of carboxylic acids is 1. The molecular formula is C13H24N2O9S. The summed E-state index contributed by atoms with van der Waals surface area (Å²) in [6.45, 7) is 1.95. The molecule has 0 bridgehead atoms. The molecule has 0 aromatic carbocycles. The lowest BCUT2D eigenvalue weighted by atomic mass is 9.97. The fraction of sp³-hybridized carbons (Fsp3) is 0.769. The minimum atomic E-state index is -1.45. The van der Waals surface area contributed by atoms with E-state index in [1.165, 1.54) is 13.8 Å². The number of aliphatic carboxylic acids is 1. The summed E-state index contributed by atoms with van der Waals surface area (Å²) >= 11 is 3.73. The fourth-order valence-corrected chi connectivity index (χ4v) is 2.17. The highest BCUT2D eigenvalue weighted by Crippen LogP contribution is 2.19. The van der Waals surface area contributed by atoms with Crippen molar-refractivity contribution in [2.24, 2.45) is 0 Å². The van der Waals surface area contributed by atoms with Gasteiger partial charge in [-0.25, -0.2) is 4.79 Å². The Morgan fingerprint density at radius 3 is 2.00 bits per heavy atom. The minimum Gasteiger partial charge on any atom is -0.480 e. The number of hydrogen-bond acceptors (Lipinski definition) is 9. The van der Waals surface area contributed by atoms with Crippen LogP contribution < -0.4 is 10.6 Å². The van der Waals surface area contributed by atoms with Gasteiger partial charge in [-0.2, -0.15) is 12.6 Å². The van der Waals surface area contributed by atoms with E-state index in [0.29, 0.717) is 0 Å². The average Bonchev–Trinajstić information content (AvgIpc) is 2.52. The van der Waals surface area contributed by atoms with Gasteiger partial charge in [0.2, 0.25) is 11.8 Å². The van der Waals surface area contributed by atoms with E-state index in [-0.39, 0.29) is 11.7 Å². The van der Waals surface area contributed by atoms with Crippen LogP contribution in [-0.2, 0) is 19.1 Å². The van der Waals surface area contributed by atoms with Gasteiger partial charge in [-0.05, 0) is 0 Å². The fourth-order valence-electron chi connectivity index (χ4n) is 1.92. The van der Waals surface area contributed by atoms with E-state index in [4.69, 9.17) is 14.9 Å². The van der Waals surface area contributed by atoms with Gasteiger partial charge in [-0.15, -0.1) is 0 Å². The predicted octanol–water partition coefficient (Wildman–Crippen LogP) is -3.57. The normalized spacial score (nSPS) is 29.6. The number of rotatable bonds is 5. The number of ether oxygens (including phenoxy) is 1. The van der Waals surface area contributed by atoms with E-state index in [9.17, 15) is 29.7 Å². The van der Waals surface area contributed by atoms with Crippen LogP contribution in [0.15, 0.2) is 0 Å². The molecule has 1 rings (SSSR count). The zero-order chi connectivity index (χ0) is 19.7. The first kappa shape index (κ1) is 23.6. The zero-order valence-corrected chi connectivity index (χ0v) is 14.6. The second-order valence-electron chi connectivity index (χ2n) is 5.23. The summed E-state index contributed by atoms with van der Waals surface area (Å²) in [4.78, 5) is 31.3. The van der Waals surface area contributed by atoms with E-state index in [1.54, 1.807) is 0 Å². The number of carbonyl (C=O) groups excluding carboxylic acids is 2. The summed E-state index contributed by atoms with van der Waals surface area (Å²) in [5.74, 6) is -1.78. The Bertz CT molecular complexity index is 465. The van der Waals surface area contributed by atoms with Crippen molar-refractivity contribution in [3.63, 3.8) is 0 Å². The first-order valence-corrected chi connectivity index (χ1v) is 7.86. The molecule has 1 heterocycles. The zero-order valence-electron chi connectivity index (χ0n) is 13.7. The van der Waals surface area contributed by atoms with Gasteiger partial charge in [0.25, 0.3) is 0 Å². The molecular weight excluding hydrogens is 360 g/mol. The Labute approximate surface area is 149 Å². The molecule has 6 atom stereocenters. The van der Waals surface area contributed by atoms with E-state index in [1.807, 2.05) is 0 Å². The maximum Gasteiger partial charge on any atom is 0.327 e. The van der Waals surface area contributed by atoms with Crippen LogP contribution in [-0.4, -0.2) is 92.4 Å². The van der Waals surface area contributed by atoms with Crippen molar-refractivity contribution in [1.29, 1.82) is 0 Å². The molecule has 0 radical (unpaired) electrons. The van der Waals surface area contributed by atoms with Gasteiger partial charge < -0.3 is 40.9 Å². The number of nitrogens with one attached hydrogen (secondary N) is 2. The second kappa shape index (κ2) is 11.2. The Morgan fingerprint density at radius 1 is 1.12 bits per heavy atom. The first-order valence-electron chi connectivity index (χ1n) is 7.23. The molecule has 11 nitrogen and oxygen atoms in total. The van der Waals surface area contributed by atoms with Gasteiger partial charge in [-0.3, -0.25) is 9.59 Å². The highest BCUT2D eigenvalue weighted by atomic mass is 32.1. The number of hydrogen-bond donors (Lipinski definition) is 8. The smallest absolute Gasteiger partial charge is 0.327 e. The van der Waals surface area contributed by atoms with E-state index in [2.05, 4.69) is 23.3 Å². The maximum absolute atomic E-state index is 10.7. The van der Waals surface area contributed by atoms with Crippen LogP contribution >= 0.6 is 12.6 Å². The van der Waals surface area contributed by atoms with Gasteiger partial charge in [0.1, 0.15) is 30.4 Å². The Hall–Kier alpha value is -1.44. The van der Waals surface area contributed by atoms with Crippen LogP contribution in [0.3, 0.4) is 0 Å². The van der Waals surface area contributed by atoms with Gasteiger partial charge >= 0.3 is 5.97 Å². The molecule has 12 heteroatoms. The first-order chi connectivity index (χ1) is 11.5. The molecule has 1 aliphatic heterocycles. The molecule has 1 unspecified atom stereocenters. The lowest BCUT2D eigenvalue weighted by Crippen LogP contribution is -2.63. The monoisotopic (exact) mass is 384 g/mol. The van der Waals surface area contributed by atoms with Gasteiger partial charge in [0, 0.05) is 19.6 Å². The number of amides is 2. The third-order valence-electron chi connectivity index (χ3n) is 3.13. The summed E-state index contributed by atoms with van der Waals surface area (Å²) < 4.78 is 4.81. The van der Waals surface area contributed by atoms with Crippen LogP contribution in [0.5, 0.6) is 0 Å². The number of thiol groups is 1. The van der Waals surface area contributed by atoms with Gasteiger partial charge in [0.15, 0.2) is 6.29 Å². The molecule has 25 heavy (non-hydrogen) atoms. The van der Waals surface area contributed by atoms with Crippen molar-refractivity contribution in [2.45, 2.75) is 50.5 Å². The second-order valence-corrected chi connectivity index (χ2v) is 5.59. The highest BCUT2D eigenvalue weighted by molar-refractivity contribution is 7.80. The lowest BCUT2D eigenvalue weighted by molar-refractivity contribution is -0.253. The van der Waals surface area contributed by atoms with Crippen LogP contribution in [0.2, 0.25) is 0 Å². The van der Waals surface area contributed by atoms with Crippen LogP contribution in [0.1, 0.15) is 13.8 Å². The van der Waals surface area contributed by atoms with E-state index in [0.717, 1.165) is 0 Å². The number of carboxylic acid groups (broad SMARTS) is 1. The Morgan fingerprint density at radius 2 is 1.68 bits per heavy atom. The quantitative estimate of drug-likeness (QED) is 0.222. The third kappa shape index (κ3) is 7.98. The summed E-state index contributed by atoms with van der Waals surface area (Å²) in [6.07, 6.45) is -5.24. The molecule has 0 saturated carbocycles. The molecule has 1 aliphatic rings. The molecule has 1 fully saturated rings. The highest BCUT2D eigenvalue weighted by Gasteiger charge is 2.43. The van der Waals surface area contributed by atoms with Gasteiger partial charge in [-0.1, -0.05) is 0 Å². The summed E-state index contributed by atoms with van der Waals surface area (Å²) in [7, 11) is 0. The molecule has 146 valence electrons. The van der Waals surface area contributed by atoms with E-state index < -0.39 is 55.2 Å². The van der Waals surface area contributed by atoms with Crippen LogP contribution in [0, 0.1) is 0 Å². The third-order valence-corrected chi connectivity index (χ3v) is 3.49. The molecule has 7 N–H and O–H groups in total. The average molecular weight is 384 g/mol. The Balaban J connectivity index is 0.000000504. The van der Waals surface area contributed by atoms with Crippen molar-refractivity contribution in [2.75, 3.05) is 12.4 Å². The van der Waals surface area contributed by atoms with E-state index >= 15 is 0 Å². The summed E-state index contributed by atoms with van der Waals surface area (Å²) in [5, 5.41) is 50.0. The summed E-state index contributed by atoms with van der Waals surface area (Å²) in [5.41, 5.74) is 0. The molecule has 0 aliphatic carbocycles. The number of carbonyl (C=O) groups is 3. The molecule has 0 aromatic heterocycles. The van der Waals surface area contributed by atoms with Crippen molar-refractivity contribution in [1.82, 2.24) is 10.6 Å². The van der Waals surface area contributed by atoms with Crippen LogP contribution in [0.25, 0.3) is 0 Å². The lowest BCUT2D eigenvalue weighted by Gasteiger charge is -2.40. The number of aliphatic hydroxyl groups excluding tert-OH is 4. The topological polar surface area (TPSA) is 186 Å².